The monoisotopic (exact) mass is 438 g/mol. The van der Waals surface area contributed by atoms with E-state index in [-0.39, 0.29) is 17.4 Å². The molecule has 31 heavy (non-hydrogen) atoms. The van der Waals surface area contributed by atoms with Crippen LogP contribution in [-0.4, -0.2) is 26.9 Å². The summed E-state index contributed by atoms with van der Waals surface area (Å²) in [6, 6.07) is 19.2. The number of esters is 1. The van der Waals surface area contributed by atoms with E-state index in [1.807, 2.05) is 6.07 Å². The number of carbonyl (C=O) groups is 2. The molecule has 0 spiro atoms. The molecular weight excluding hydrogens is 416 g/mol. The van der Waals surface area contributed by atoms with Crippen molar-refractivity contribution in [3.05, 3.63) is 89.5 Å². The number of hydrogen-bond donors (Lipinski definition) is 2. The van der Waals surface area contributed by atoms with E-state index in [1.165, 1.54) is 36.4 Å². The molecule has 0 saturated heterocycles. The summed E-state index contributed by atoms with van der Waals surface area (Å²) in [4.78, 5) is 24.1. The van der Waals surface area contributed by atoms with Crippen LogP contribution in [0.1, 0.15) is 33.2 Å². The van der Waals surface area contributed by atoms with Crippen molar-refractivity contribution in [2.75, 3.05) is 16.6 Å². The molecule has 0 aliphatic carbocycles. The molecule has 0 aliphatic heterocycles. The minimum Gasteiger partial charge on any atom is -0.462 e. The Morgan fingerprint density at radius 1 is 0.903 bits per heavy atom. The van der Waals surface area contributed by atoms with Gasteiger partial charge in [-0.1, -0.05) is 18.2 Å². The molecule has 0 fully saturated rings. The normalized spacial score (nSPS) is 10.9. The highest BCUT2D eigenvalue weighted by atomic mass is 32.2. The van der Waals surface area contributed by atoms with E-state index in [2.05, 4.69) is 10.0 Å². The summed E-state index contributed by atoms with van der Waals surface area (Å²) in [6.07, 6.45) is 0. The summed E-state index contributed by atoms with van der Waals surface area (Å²) < 4.78 is 32.9. The Hall–Kier alpha value is -3.65. The lowest BCUT2D eigenvalue weighted by atomic mass is 10.1. The van der Waals surface area contributed by atoms with E-state index in [0.29, 0.717) is 28.1 Å². The van der Waals surface area contributed by atoms with Crippen molar-refractivity contribution in [1.82, 2.24) is 0 Å². The van der Waals surface area contributed by atoms with E-state index < -0.39 is 16.0 Å². The van der Waals surface area contributed by atoms with Crippen LogP contribution in [0, 0.1) is 6.92 Å². The van der Waals surface area contributed by atoms with E-state index in [1.54, 1.807) is 44.2 Å². The first-order valence-electron chi connectivity index (χ1n) is 9.57. The van der Waals surface area contributed by atoms with E-state index in [4.69, 9.17) is 4.74 Å². The van der Waals surface area contributed by atoms with Crippen molar-refractivity contribution in [2.45, 2.75) is 18.7 Å². The molecule has 0 bridgehead atoms. The Morgan fingerprint density at radius 2 is 1.58 bits per heavy atom. The number of rotatable bonds is 7. The summed E-state index contributed by atoms with van der Waals surface area (Å²) >= 11 is 0. The van der Waals surface area contributed by atoms with Gasteiger partial charge in [-0.2, -0.15) is 0 Å². The lowest BCUT2D eigenvalue weighted by Crippen LogP contribution is -2.15. The van der Waals surface area contributed by atoms with Crippen molar-refractivity contribution in [2.24, 2.45) is 0 Å². The quantitative estimate of drug-likeness (QED) is 0.538. The van der Waals surface area contributed by atoms with Crippen molar-refractivity contribution >= 4 is 33.3 Å². The maximum absolute atomic E-state index is 12.7. The third-order valence-electron chi connectivity index (χ3n) is 4.44. The second-order valence-electron chi connectivity index (χ2n) is 6.70. The number of hydrogen-bond acceptors (Lipinski definition) is 5. The molecule has 3 aromatic carbocycles. The molecule has 160 valence electrons. The average molecular weight is 439 g/mol. The number of anilines is 2. The zero-order valence-electron chi connectivity index (χ0n) is 17.1. The van der Waals surface area contributed by atoms with Crippen molar-refractivity contribution in [1.29, 1.82) is 0 Å². The predicted octanol–water partition coefficient (Wildman–Crippen LogP) is 4.22. The van der Waals surface area contributed by atoms with Gasteiger partial charge in [-0.25, -0.2) is 13.2 Å². The summed E-state index contributed by atoms with van der Waals surface area (Å²) in [5.74, 6) is -0.750. The molecule has 0 atom stereocenters. The fourth-order valence-corrected chi connectivity index (χ4v) is 3.97. The van der Waals surface area contributed by atoms with Crippen LogP contribution in [0.15, 0.2) is 77.7 Å². The van der Waals surface area contributed by atoms with Gasteiger partial charge < -0.3 is 10.1 Å². The summed E-state index contributed by atoms with van der Waals surface area (Å²) in [6.45, 7) is 3.68. The number of ether oxygens (including phenoxy) is 1. The number of sulfonamides is 1. The largest absolute Gasteiger partial charge is 0.462 e. The smallest absolute Gasteiger partial charge is 0.338 e. The Balaban J connectivity index is 1.73. The standard InChI is InChI=1S/C23H22N2O5S/c1-3-30-23(27)18-9-11-19(12-10-18)25-31(28,29)20-13-14-21(16(2)15-20)24-22(26)17-7-5-4-6-8-17/h4-15,25H,3H2,1-2H3,(H,24,26). The Morgan fingerprint density at radius 3 is 2.19 bits per heavy atom. The van der Waals surface area contributed by atoms with Gasteiger partial charge in [0.15, 0.2) is 0 Å². The number of aryl methyl sites for hydroxylation is 1. The van der Waals surface area contributed by atoms with Gasteiger partial charge in [0.05, 0.1) is 17.1 Å². The van der Waals surface area contributed by atoms with Crippen LogP contribution >= 0.6 is 0 Å². The van der Waals surface area contributed by atoms with Crippen LogP contribution in [0.25, 0.3) is 0 Å². The molecular formula is C23H22N2O5S. The zero-order chi connectivity index (χ0) is 22.4. The highest BCUT2D eigenvalue weighted by Crippen LogP contribution is 2.23. The molecule has 8 heteroatoms. The van der Waals surface area contributed by atoms with Crippen LogP contribution < -0.4 is 10.0 Å². The Labute approximate surface area is 181 Å². The minimum absolute atomic E-state index is 0.0529. The number of carbonyl (C=O) groups excluding carboxylic acids is 2. The third kappa shape index (κ3) is 5.49. The molecule has 0 heterocycles. The first-order chi connectivity index (χ1) is 14.8. The highest BCUT2D eigenvalue weighted by molar-refractivity contribution is 7.92. The molecule has 0 radical (unpaired) electrons. The first kappa shape index (κ1) is 22.0. The number of nitrogens with one attached hydrogen (secondary N) is 2. The molecule has 2 N–H and O–H groups in total. The van der Waals surface area contributed by atoms with Crippen molar-refractivity contribution in [3.63, 3.8) is 0 Å². The minimum atomic E-state index is -3.86. The fourth-order valence-electron chi connectivity index (χ4n) is 2.83. The van der Waals surface area contributed by atoms with Crippen molar-refractivity contribution in [3.8, 4) is 0 Å². The average Bonchev–Trinajstić information content (AvgIpc) is 2.76. The van der Waals surface area contributed by atoms with Gasteiger partial charge in [0.2, 0.25) is 0 Å². The molecule has 1 amide bonds. The molecule has 3 rings (SSSR count). The highest BCUT2D eigenvalue weighted by Gasteiger charge is 2.17. The predicted molar refractivity (Wildman–Crippen MR) is 119 cm³/mol. The van der Waals surface area contributed by atoms with Gasteiger partial charge >= 0.3 is 5.97 Å². The maximum atomic E-state index is 12.7. The lowest BCUT2D eigenvalue weighted by Gasteiger charge is -2.12. The summed E-state index contributed by atoms with van der Waals surface area (Å²) in [7, 11) is -3.86. The van der Waals surface area contributed by atoms with E-state index in [9.17, 15) is 18.0 Å². The zero-order valence-corrected chi connectivity index (χ0v) is 17.9. The van der Waals surface area contributed by atoms with E-state index >= 15 is 0 Å². The molecule has 0 unspecified atom stereocenters. The van der Waals surface area contributed by atoms with Gasteiger partial charge in [-0.3, -0.25) is 9.52 Å². The number of benzene rings is 3. The SMILES string of the molecule is CCOC(=O)c1ccc(NS(=O)(=O)c2ccc(NC(=O)c3ccccc3)c(C)c2)cc1. The first-order valence-corrected chi connectivity index (χ1v) is 11.1. The van der Waals surface area contributed by atoms with Gasteiger partial charge in [0.1, 0.15) is 0 Å². The maximum Gasteiger partial charge on any atom is 0.338 e. The van der Waals surface area contributed by atoms with Crippen LogP contribution in [0.5, 0.6) is 0 Å². The lowest BCUT2D eigenvalue weighted by molar-refractivity contribution is 0.0526. The second kappa shape index (κ2) is 9.44. The summed E-state index contributed by atoms with van der Waals surface area (Å²) in [5.41, 5.74) is 2.27. The molecule has 0 saturated carbocycles. The van der Waals surface area contributed by atoms with Gasteiger partial charge in [-0.05, 0) is 74.0 Å². The van der Waals surface area contributed by atoms with Crippen LogP contribution in [-0.2, 0) is 14.8 Å². The Bertz CT molecular complexity index is 1190. The van der Waals surface area contributed by atoms with Gasteiger partial charge in [0, 0.05) is 16.9 Å². The number of amides is 1. The summed E-state index contributed by atoms with van der Waals surface area (Å²) in [5, 5.41) is 2.78. The van der Waals surface area contributed by atoms with Gasteiger partial charge in [0.25, 0.3) is 15.9 Å². The second-order valence-corrected chi connectivity index (χ2v) is 8.38. The Kier molecular flexibility index (Phi) is 6.71. The topological polar surface area (TPSA) is 102 Å². The molecule has 0 aromatic heterocycles. The molecule has 7 nitrogen and oxygen atoms in total. The van der Waals surface area contributed by atoms with E-state index in [0.717, 1.165) is 0 Å². The fraction of sp³-hybridized carbons (Fsp3) is 0.130. The molecule has 3 aromatic rings. The van der Waals surface area contributed by atoms with Crippen LogP contribution in [0.2, 0.25) is 0 Å². The third-order valence-corrected chi connectivity index (χ3v) is 5.82. The molecule has 0 aliphatic rings. The van der Waals surface area contributed by atoms with Crippen molar-refractivity contribution < 1.29 is 22.7 Å². The van der Waals surface area contributed by atoms with Gasteiger partial charge in [-0.15, -0.1) is 0 Å². The van der Waals surface area contributed by atoms with Crippen LogP contribution in [0.4, 0.5) is 11.4 Å². The van der Waals surface area contributed by atoms with Crippen LogP contribution in [0.3, 0.4) is 0 Å².